The largest absolute Gasteiger partial charge is 0.358 e. The first-order chi connectivity index (χ1) is 7.29. The summed E-state index contributed by atoms with van der Waals surface area (Å²) < 4.78 is 0. The number of allylic oxidation sites excluding steroid dienone is 3. The van der Waals surface area contributed by atoms with Crippen molar-refractivity contribution in [3.8, 4) is 6.07 Å². The van der Waals surface area contributed by atoms with E-state index in [0.29, 0.717) is 6.17 Å². The maximum absolute atomic E-state index is 8.89. The maximum atomic E-state index is 8.89. The van der Waals surface area contributed by atoms with Gasteiger partial charge in [-0.05, 0) is 24.5 Å². The Kier molecular flexibility index (Phi) is 1.66. The minimum atomic E-state index is 0.462. The topological polar surface area (TPSA) is 30.3 Å². The van der Waals surface area contributed by atoms with Gasteiger partial charge in [0.05, 0.1) is 6.07 Å². The zero-order chi connectivity index (χ0) is 10.4. The SMILES string of the molecule is CN1C=CN2C3=C(C=C(C#N)CC3)CC12. The molecule has 76 valence electrons. The maximum Gasteiger partial charge on any atom is 0.109 e. The molecule has 0 fully saturated rings. The predicted molar refractivity (Wildman–Crippen MR) is 57.1 cm³/mol. The summed E-state index contributed by atoms with van der Waals surface area (Å²) in [7, 11) is 2.11. The Morgan fingerprint density at radius 2 is 2.27 bits per heavy atom. The minimum Gasteiger partial charge on any atom is -0.358 e. The van der Waals surface area contributed by atoms with Crippen LogP contribution in [0.1, 0.15) is 19.3 Å². The first kappa shape index (κ1) is 8.60. The van der Waals surface area contributed by atoms with Gasteiger partial charge in [-0.25, -0.2) is 0 Å². The first-order valence-corrected chi connectivity index (χ1v) is 5.31. The molecule has 0 aromatic heterocycles. The zero-order valence-electron chi connectivity index (χ0n) is 8.77. The molecule has 3 heteroatoms. The van der Waals surface area contributed by atoms with Crippen LogP contribution >= 0.6 is 0 Å². The second-order valence-electron chi connectivity index (χ2n) is 4.31. The second-order valence-corrected chi connectivity index (χ2v) is 4.31. The molecule has 0 saturated heterocycles. The highest BCUT2D eigenvalue weighted by Crippen LogP contribution is 2.40. The van der Waals surface area contributed by atoms with E-state index in [0.717, 1.165) is 24.8 Å². The molecule has 2 heterocycles. The van der Waals surface area contributed by atoms with Gasteiger partial charge in [0.2, 0.25) is 0 Å². The van der Waals surface area contributed by atoms with E-state index in [2.05, 4.69) is 41.4 Å². The molecule has 0 spiro atoms. The van der Waals surface area contributed by atoms with E-state index in [1.807, 2.05) is 0 Å². The van der Waals surface area contributed by atoms with Crippen molar-refractivity contribution in [3.63, 3.8) is 0 Å². The van der Waals surface area contributed by atoms with E-state index < -0.39 is 0 Å². The number of nitrogens with zero attached hydrogens (tertiary/aromatic N) is 3. The summed E-state index contributed by atoms with van der Waals surface area (Å²) >= 11 is 0. The highest BCUT2D eigenvalue weighted by Gasteiger charge is 2.35. The molecule has 0 N–H and O–H groups in total. The van der Waals surface area contributed by atoms with Gasteiger partial charge in [0.15, 0.2) is 0 Å². The lowest BCUT2D eigenvalue weighted by atomic mass is 9.97. The summed E-state index contributed by atoms with van der Waals surface area (Å²) in [5.41, 5.74) is 3.71. The van der Waals surface area contributed by atoms with E-state index in [1.165, 1.54) is 11.3 Å². The van der Waals surface area contributed by atoms with Gasteiger partial charge in [-0.15, -0.1) is 0 Å². The first-order valence-electron chi connectivity index (χ1n) is 5.31. The van der Waals surface area contributed by atoms with Gasteiger partial charge in [-0.2, -0.15) is 5.26 Å². The van der Waals surface area contributed by atoms with Crippen LogP contribution in [0.5, 0.6) is 0 Å². The van der Waals surface area contributed by atoms with Crippen LogP contribution in [0.2, 0.25) is 0 Å². The normalized spacial score (nSPS) is 27.7. The molecule has 3 nitrogen and oxygen atoms in total. The Morgan fingerprint density at radius 1 is 1.40 bits per heavy atom. The van der Waals surface area contributed by atoms with Crippen molar-refractivity contribution in [2.24, 2.45) is 0 Å². The monoisotopic (exact) mass is 199 g/mol. The van der Waals surface area contributed by atoms with Crippen molar-refractivity contribution >= 4 is 0 Å². The van der Waals surface area contributed by atoms with Crippen LogP contribution in [0, 0.1) is 11.3 Å². The summed E-state index contributed by atoms with van der Waals surface area (Å²) in [6.07, 6.45) is 9.78. The lowest BCUT2D eigenvalue weighted by Gasteiger charge is -2.25. The average Bonchev–Trinajstić information content (AvgIpc) is 2.78. The molecular weight excluding hydrogens is 186 g/mol. The lowest BCUT2D eigenvalue weighted by molar-refractivity contribution is 0.231. The van der Waals surface area contributed by atoms with Gasteiger partial charge < -0.3 is 9.80 Å². The van der Waals surface area contributed by atoms with E-state index in [-0.39, 0.29) is 0 Å². The summed E-state index contributed by atoms with van der Waals surface area (Å²) in [5.74, 6) is 0. The molecule has 0 radical (unpaired) electrons. The molecule has 0 bridgehead atoms. The fourth-order valence-electron chi connectivity index (χ4n) is 2.62. The quantitative estimate of drug-likeness (QED) is 0.597. The number of hydrogen-bond donors (Lipinski definition) is 0. The highest BCUT2D eigenvalue weighted by atomic mass is 15.4. The predicted octanol–water partition coefficient (Wildman–Crippen LogP) is 1.93. The third kappa shape index (κ3) is 1.11. The van der Waals surface area contributed by atoms with Crippen LogP contribution in [0.3, 0.4) is 0 Å². The van der Waals surface area contributed by atoms with Gasteiger partial charge in [-0.3, -0.25) is 0 Å². The lowest BCUT2D eigenvalue weighted by Crippen LogP contribution is -2.31. The smallest absolute Gasteiger partial charge is 0.109 e. The van der Waals surface area contributed by atoms with Crippen LogP contribution in [-0.4, -0.2) is 23.0 Å². The second kappa shape index (κ2) is 2.90. The van der Waals surface area contributed by atoms with Crippen molar-refractivity contribution in [1.82, 2.24) is 9.80 Å². The molecular formula is C12H13N3. The molecule has 15 heavy (non-hydrogen) atoms. The molecule has 1 atom stereocenters. The van der Waals surface area contributed by atoms with Crippen molar-refractivity contribution in [2.45, 2.75) is 25.4 Å². The van der Waals surface area contributed by atoms with Gasteiger partial charge in [-0.1, -0.05) is 0 Å². The number of nitriles is 1. The van der Waals surface area contributed by atoms with Crippen molar-refractivity contribution < 1.29 is 0 Å². The van der Waals surface area contributed by atoms with E-state index in [1.54, 1.807) is 0 Å². The molecule has 0 amide bonds. The minimum absolute atomic E-state index is 0.462. The third-order valence-corrected chi connectivity index (χ3v) is 3.46. The number of hydrogen-bond acceptors (Lipinski definition) is 3. The fourth-order valence-corrected chi connectivity index (χ4v) is 2.62. The van der Waals surface area contributed by atoms with Crippen LogP contribution in [0.15, 0.2) is 35.3 Å². The van der Waals surface area contributed by atoms with Gasteiger partial charge in [0, 0.05) is 37.1 Å². The van der Waals surface area contributed by atoms with Crippen LogP contribution in [0.4, 0.5) is 0 Å². The van der Waals surface area contributed by atoms with E-state index >= 15 is 0 Å². The Labute approximate surface area is 89.6 Å². The zero-order valence-corrected chi connectivity index (χ0v) is 8.77. The molecule has 2 aliphatic heterocycles. The molecule has 1 aliphatic carbocycles. The van der Waals surface area contributed by atoms with E-state index in [4.69, 9.17) is 5.26 Å². The van der Waals surface area contributed by atoms with Crippen molar-refractivity contribution in [1.29, 1.82) is 5.26 Å². The standard InChI is InChI=1S/C12H13N3/c1-14-4-5-15-11-3-2-9(8-13)6-10(11)7-12(14)15/h4-6,12H,2-3,7H2,1H3. The van der Waals surface area contributed by atoms with Crippen LogP contribution < -0.4 is 0 Å². The Morgan fingerprint density at radius 3 is 3.07 bits per heavy atom. The number of fused-ring (bicyclic) bond motifs is 2. The molecule has 3 rings (SSSR count). The molecule has 0 saturated carbocycles. The number of rotatable bonds is 0. The fraction of sp³-hybridized carbons (Fsp3) is 0.417. The van der Waals surface area contributed by atoms with Gasteiger partial charge in [0.1, 0.15) is 6.17 Å². The summed E-state index contributed by atoms with van der Waals surface area (Å²) in [6, 6.07) is 2.27. The molecule has 0 aromatic carbocycles. The Hall–Kier alpha value is -1.69. The van der Waals surface area contributed by atoms with E-state index in [9.17, 15) is 0 Å². The molecule has 3 aliphatic rings. The Balaban J connectivity index is 1.96. The summed E-state index contributed by atoms with van der Waals surface area (Å²) in [5, 5.41) is 8.89. The van der Waals surface area contributed by atoms with Crippen LogP contribution in [-0.2, 0) is 0 Å². The molecule has 1 unspecified atom stereocenters. The molecule has 0 aromatic rings. The van der Waals surface area contributed by atoms with Gasteiger partial charge in [0.25, 0.3) is 0 Å². The van der Waals surface area contributed by atoms with Gasteiger partial charge >= 0.3 is 0 Å². The van der Waals surface area contributed by atoms with Crippen molar-refractivity contribution in [3.05, 3.63) is 35.3 Å². The third-order valence-electron chi connectivity index (χ3n) is 3.46. The summed E-state index contributed by atoms with van der Waals surface area (Å²) in [6.45, 7) is 0. The van der Waals surface area contributed by atoms with Crippen molar-refractivity contribution in [2.75, 3.05) is 7.05 Å². The highest BCUT2D eigenvalue weighted by molar-refractivity contribution is 5.43. The summed E-state index contributed by atoms with van der Waals surface area (Å²) in [4.78, 5) is 4.58. The Bertz CT molecular complexity index is 436. The van der Waals surface area contributed by atoms with Crippen LogP contribution in [0.25, 0.3) is 0 Å². The average molecular weight is 199 g/mol.